The summed E-state index contributed by atoms with van der Waals surface area (Å²) in [5.41, 5.74) is 1.73. The van der Waals surface area contributed by atoms with Gasteiger partial charge in [0, 0.05) is 18.3 Å². The van der Waals surface area contributed by atoms with Gasteiger partial charge in [0.2, 0.25) is 0 Å². The number of fused-ring (bicyclic) bond motifs is 1. The molecule has 1 unspecified atom stereocenters. The summed E-state index contributed by atoms with van der Waals surface area (Å²) in [6.07, 6.45) is 0.574. The Labute approximate surface area is 177 Å². The van der Waals surface area contributed by atoms with Crippen molar-refractivity contribution < 1.29 is 19.2 Å². The second kappa shape index (κ2) is 8.19. The Balaban J connectivity index is 1.74. The number of non-ortho nitro benzene ring substituents is 1. The van der Waals surface area contributed by atoms with E-state index in [0.717, 1.165) is 10.5 Å². The normalized spacial score (nSPS) is 14.0. The van der Waals surface area contributed by atoms with Crippen LogP contribution in [0, 0.1) is 10.1 Å². The predicted octanol–water partition coefficient (Wildman–Crippen LogP) is 4.02. The third-order valence-electron chi connectivity index (χ3n) is 4.95. The van der Waals surface area contributed by atoms with Crippen LogP contribution >= 0.6 is 0 Å². The van der Waals surface area contributed by atoms with Crippen molar-refractivity contribution in [1.29, 1.82) is 0 Å². The smallest absolute Gasteiger partial charge is 0.269 e. The number of carbonyl (C=O) groups is 2. The highest BCUT2D eigenvalue weighted by Gasteiger charge is 2.40. The van der Waals surface area contributed by atoms with Crippen LogP contribution in [0.25, 0.3) is 0 Å². The highest BCUT2D eigenvalue weighted by Crippen LogP contribution is 2.33. The number of imide groups is 1. The molecule has 0 aliphatic carbocycles. The van der Waals surface area contributed by atoms with Crippen LogP contribution < -0.4 is 4.74 Å². The standard InChI is InChI=1S/C23H17N3O5/c1-31-18-12-6-15(7-13-18)14-24-21(16-8-10-17(11-9-16)26(29)30)25-22(27)19-4-2-3-5-20(19)23(25)28/h2-14,21H,1H3/b24-14+. The van der Waals surface area contributed by atoms with E-state index in [9.17, 15) is 19.7 Å². The highest BCUT2D eigenvalue weighted by atomic mass is 16.6. The van der Waals surface area contributed by atoms with Gasteiger partial charge in [0.25, 0.3) is 17.5 Å². The van der Waals surface area contributed by atoms with Crippen molar-refractivity contribution in [2.75, 3.05) is 7.11 Å². The van der Waals surface area contributed by atoms with Crippen molar-refractivity contribution in [3.8, 4) is 5.75 Å². The van der Waals surface area contributed by atoms with E-state index >= 15 is 0 Å². The molecule has 1 aliphatic rings. The van der Waals surface area contributed by atoms with E-state index in [1.807, 2.05) is 0 Å². The summed E-state index contributed by atoms with van der Waals surface area (Å²) < 4.78 is 5.14. The summed E-state index contributed by atoms with van der Waals surface area (Å²) in [5.74, 6) is -0.240. The van der Waals surface area contributed by atoms with Crippen LogP contribution in [0.1, 0.15) is 38.0 Å². The Morgan fingerprint density at radius 2 is 1.52 bits per heavy atom. The van der Waals surface area contributed by atoms with Crippen LogP contribution in [0.3, 0.4) is 0 Å². The summed E-state index contributed by atoms with van der Waals surface area (Å²) in [7, 11) is 1.57. The summed E-state index contributed by atoms with van der Waals surface area (Å²) in [4.78, 5) is 42.1. The first-order chi connectivity index (χ1) is 15.0. The monoisotopic (exact) mass is 415 g/mol. The number of hydrogen-bond acceptors (Lipinski definition) is 6. The molecule has 31 heavy (non-hydrogen) atoms. The van der Waals surface area contributed by atoms with E-state index in [-0.39, 0.29) is 5.69 Å². The molecule has 0 bridgehead atoms. The lowest BCUT2D eigenvalue weighted by molar-refractivity contribution is -0.384. The minimum atomic E-state index is -0.977. The number of aliphatic imine (C=N–C) groups is 1. The number of nitro benzene ring substituents is 1. The molecule has 0 saturated heterocycles. The quantitative estimate of drug-likeness (QED) is 0.262. The van der Waals surface area contributed by atoms with Crippen LogP contribution in [-0.2, 0) is 0 Å². The van der Waals surface area contributed by atoms with Crippen molar-refractivity contribution in [3.05, 3.63) is 105 Å². The zero-order valence-electron chi connectivity index (χ0n) is 16.5. The minimum Gasteiger partial charge on any atom is -0.497 e. The lowest BCUT2D eigenvalue weighted by atomic mass is 10.1. The molecule has 8 heteroatoms. The maximum absolute atomic E-state index is 13.0. The number of benzene rings is 3. The van der Waals surface area contributed by atoms with E-state index < -0.39 is 22.9 Å². The molecule has 0 spiro atoms. The molecule has 2 amide bonds. The predicted molar refractivity (Wildman–Crippen MR) is 113 cm³/mol. The zero-order chi connectivity index (χ0) is 22.0. The van der Waals surface area contributed by atoms with E-state index in [4.69, 9.17) is 4.74 Å². The molecular weight excluding hydrogens is 398 g/mol. The average molecular weight is 415 g/mol. The van der Waals surface area contributed by atoms with Crippen LogP contribution in [0.2, 0.25) is 0 Å². The molecule has 1 heterocycles. The molecule has 0 N–H and O–H groups in total. The van der Waals surface area contributed by atoms with Gasteiger partial charge in [-0.1, -0.05) is 12.1 Å². The Hall–Kier alpha value is -4.33. The van der Waals surface area contributed by atoms with Crippen molar-refractivity contribution >= 4 is 23.7 Å². The molecule has 3 aromatic carbocycles. The van der Waals surface area contributed by atoms with Crippen LogP contribution in [-0.4, -0.2) is 35.0 Å². The summed E-state index contributed by atoms with van der Waals surface area (Å²) >= 11 is 0. The maximum atomic E-state index is 13.0. The lowest BCUT2D eigenvalue weighted by Gasteiger charge is -2.23. The van der Waals surface area contributed by atoms with Crippen molar-refractivity contribution in [2.45, 2.75) is 6.17 Å². The van der Waals surface area contributed by atoms with Gasteiger partial charge in [-0.2, -0.15) is 0 Å². The number of nitro groups is 1. The van der Waals surface area contributed by atoms with E-state index in [1.165, 1.54) is 24.3 Å². The number of amides is 2. The molecule has 0 radical (unpaired) electrons. The minimum absolute atomic E-state index is 0.0935. The van der Waals surface area contributed by atoms with Gasteiger partial charge in [0.15, 0.2) is 6.17 Å². The highest BCUT2D eigenvalue weighted by molar-refractivity contribution is 6.21. The average Bonchev–Trinajstić information content (AvgIpc) is 3.05. The van der Waals surface area contributed by atoms with Gasteiger partial charge in [0.05, 0.1) is 23.2 Å². The fourth-order valence-electron chi connectivity index (χ4n) is 3.35. The molecule has 8 nitrogen and oxygen atoms in total. The molecular formula is C23H17N3O5. The first-order valence-electron chi connectivity index (χ1n) is 9.38. The first-order valence-corrected chi connectivity index (χ1v) is 9.38. The Kier molecular flexibility index (Phi) is 5.28. The van der Waals surface area contributed by atoms with E-state index in [1.54, 1.807) is 61.9 Å². The second-order valence-electron chi connectivity index (χ2n) is 6.80. The van der Waals surface area contributed by atoms with Crippen molar-refractivity contribution in [2.24, 2.45) is 4.99 Å². The molecule has 0 fully saturated rings. The van der Waals surface area contributed by atoms with Gasteiger partial charge < -0.3 is 4.74 Å². The SMILES string of the molecule is COc1ccc(/C=N/C(c2ccc([N+](=O)[O-])cc2)N2C(=O)c3ccccc3C2=O)cc1. The number of hydrogen-bond donors (Lipinski definition) is 0. The number of rotatable bonds is 6. The number of carbonyl (C=O) groups excluding carboxylic acids is 2. The van der Waals surface area contributed by atoms with Crippen LogP contribution in [0.5, 0.6) is 5.75 Å². The van der Waals surface area contributed by atoms with Gasteiger partial charge in [-0.05, 0) is 59.7 Å². The Bertz CT molecular complexity index is 1150. The third-order valence-corrected chi connectivity index (χ3v) is 4.95. The number of methoxy groups -OCH3 is 1. The van der Waals surface area contributed by atoms with Crippen LogP contribution in [0.15, 0.2) is 77.8 Å². The maximum Gasteiger partial charge on any atom is 0.269 e. The summed E-state index contributed by atoms with van der Waals surface area (Å²) in [6.45, 7) is 0. The zero-order valence-corrected chi connectivity index (χ0v) is 16.5. The van der Waals surface area contributed by atoms with E-state index in [2.05, 4.69) is 4.99 Å². The molecule has 1 atom stereocenters. The van der Waals surface area contributed by atoms with Crippen molar-refractivity contribution in [3.63, 3.8) is 0 Å². The van der Waals surface area contributed by atoms with Gasteiger partial charge in [-0.3, -0.25) is 24.7 Å². The van der Waals surface area contributed by atoms with Gasteiger partial charge in [0.1, 0.15) is 5.75 Å². The summed E-state index contributed by atoms with van der Waals surface area (Å²) in [6, 6.07) is 19.3. The van der Waals surface area contributed by atoms with Crippen molar-refractivity contribution in [1.82, 2.24) is 4.90 Å². The Morgan fingerprint density at radius 1 is 0.935 bits per heavy atom. The summed E-state index contributed by atoms with van der Waals surface area (Å²) in [5, 5.41) is 11.0. The van der Waals surface area contributed by atoms with Gasteiger partial charge in [-0.25, -0.2) is 4.90 Å². The fourth-order valence-corrected chi connectivity index (χ4v) is 3.35. The van der Waals surface area contributed by atoms with E-state index in [0.29, 0.717) is 22.4 Å². The second-order valence-corrected chi connectivity index (χ2v) is 6.80. The van der Waals surface area contributed by atoms with Gasteiger partial charge >= 0.3 is 0 Å². The van der Waals surface area contributed by atoms with Crippen LogP contribution in [0.4, 0.5) is 5.69 Å². The lowest BCUT2D eigenvalue weighted by Crippen LogP contribution is -2.33. The number of nitrogens with zero attached hydrogens (tertiary/aromatic N) is 3. The fraction of sp³-hybridized carbons (Fsp3) is 0.0870. The molecule has 3 aromatic rings. The molecule has 1 aliphatic heterocycles. The molecule has 0 saturated carbocycles. The molecule has 154 valence electrons. The topological polar surface area (TPSA) is 102 Å². The Morgan fingerprint density at radius 3 is 2.03 bits per heavy atom. The third kappa shape index (κ3) is 3.78. The first kappa shape index (κ1) is 20.0. The number of ether oxygens (including phenoxy) is 1. The largest absolute Gasteiger partial charge is 0.497 e. The van der Waals surface area contributed by atoms with Gasteiger partial charge in [-0.15, -0.1) is 0 Å². The molecule has 0 aromatic heterocycles. The molecule has 4 rings (SSSR count).